The quantitative estimate of drug-likeness (QED) is 0.691. The first-order chi connectivity index (χ1) is 13.4. The zero-order valence-corrected chi connectivity index (χ0v) is 16.8. The van der Waals surface area contributed by atoms with Crippen LogP contribution in [0, 0.1) is 0 Å². The lowest BCUT2D eigenvalue weighted by Gasteiger charge is -2.39. The number of hydrogen-bond donors (Lipinski definition) is 3. The number of aliphatic hydroxyl groups excluding tert-OH is 1. The molecular weight excluding hydrogens is 358 g/mol. The number of rotatable bonds is 5. The molecule has 0 unspecified atom stereocenters. The summed E-state index contributed by atoms with van der Waals surface area (Å²) in [7, 11) is 3.92. The van der Waals surface area contributed by atoms with Crippen LogP contribution in [0.3, 0.4) is 0 Å². The third kappa shape index (κ3) is 3.67. The molecule has 2 aliphatic carbocycles. The number of fused-ring (bicyclic) bond motifs is 2. The molecule has 1 spiro atoms. The zero-order chi connectivity index (χ0) is 19.9. The first-order valence-electron chi connectivity index (χ1n) is 10.3. The fraction of sp³-hybridized carbons (Fsp3) is 0.750. The molecule has 3 N–H and O–H groups in total. The van der Waals surface area contributed by atoms with Crippen molar-refractivity contribution in [2.75, 3.05) is 43.9 Å². The maximum Gasteiger partial charge on any atom is 0.317 e. The van der Waals surface area contributed by atoms with Crippen LogP contribution in [0.4, 0.5) is 11.8 Å². The Morgan fingerprint density at radius 1 is 1.25 bits per heavy atom. The monoisotopic (exact) mass is 389 g/mol. The second-order valence-corrected chi connectivity index (χ2v) is 8.85. The van der Waals surface area contributed by atoms with E-state index in [1.165, 1.54) is 5.56 Å². The van der Waals surface area contributed by atoms with Crippen molar-refractivity contribution in [1.29, 1.82) is 0 Å². The smallest absolute Gasteiger partial charge is 0.317 e. The second kappa shape index (κ2) is 7.48. The number of likely N-dealkylation sites (tertiary alicyclic amines) is 1. The maximum atomic E-state index is 11.0. The van der Waals surface area contributed by atoms with Gasteiger partial charge in [-0.05, 0) is 58.0 Å². The van der Waals surface area contributed by atoms with Crippen molar-refractivity contribution in [3.05, 3.63) is 11.3 Å². The highest BCUT2D eigenvalue weighted by atomic mass is 16.4. The third-order valence-electron chi connectivity index (χ3n) is 6.67. The van der Waals surface area contributed by atoms with Crippen molar-refractivity contribution in [3.63, 3.8) is 0 Å². The van der Waals surface area contributed by atoms with Gasteiger partial charge in [0.05, 0.1) is 18.3 Å². The molecule has 2 heterocycles. The van der Waals surface area contributed by atoms with Crippen LogP contribution in [0.5, 0.6) is 0 Å². The average molecular weight is 390 g/mol. The fourth-order valence-corrected chi connectivity index (χ4v) is 5.05. The number of aliphatic carboxylic acids is 1. The number of aliphatic hydroxyl groups is 1. The molecule has 8 heteroatoms. The fourth-order valence-electron chi connectivity index (χ4n) is 5.05. The Morgan fingerprint density at radius 3 is 2.61 bits per heavy atom. The van der Waals surface area contributed by atoms with E-state index in [4.69, 9.17) is 15.1 Å². The molecule has 1 aromatic heterocycles. The summed E-state index contributed by atoms with van der Waals surface area (Å²) in [5.74, 6) is 0.886. The van der Waals surface area contributed by atoms with Gasteiger partial charge in [0.1, 0.15) is 5.82 Å². The van der Waals surface area contributed by atoms with E-state index < -0.39 is 5.97 Å². The Hall–Kier alpha value is -1.93. The second-order valence-electron chi connectivity index (χ2n) is 8.85. The molecule has 1 saturated carbocycles. The van der Waals surface area contributed by atoms with Crippen molar-refractivity contribution < 1.29 is 15.0 Å². The number of carboxylic acid groups (broad SMARTS) is 1. The van der Waals surface area contributed by atoms with Crippen LogP contribution in [-0.2, 0) is 16.6 Å². The molecule has 1 aliphatic heterocycles. The molecule has 1 aromatic rings. The molecule has 4 rings (SSSR count). The SMILES string of the molecule is CN(C)c1nc(N[C@@H]2CC[C@H](O)C2)c2c(n1)C1(CC2)CCN(CC(=O)O)CC1. The summed E-state index contributed by atoms with van der Waals surface area (Å²) in [6, 6.07) is 0.262. The number of aromatic nitrogens is 2. The zero-order valence-electron chi connectivity index (χ0n) is 16.8. The van der Waals surface area contributed by atoms with Crippen molar-refractivity contribution in [1.82, 2.24) is 14.9 Å². The van der Waals surface area contributed by atoms with Gasteiger partial charge in [-0.1, -0.05) is 0 Å². The van der Waals surface area contributed by atoms with Crippen molar-refractivity contribution >= 4 is 17.7 Å². The molecule has 154 valence electrons. The molecule has 0 radical (unpaired) electrons. The van der Waals surface area contributed by atoms with E-state index in [0.29, 0.717) is 5.95 Å². The minimum Gasteiger partial charge on any atom is -0.480 e. The molecule has 0 aromatic carbocycles. The number of hydrogen-bond acceptors (Lipinski definition) is 7. The lowest BCUT2D eigenvalue weighted by molar-refractivity contribution is -0.138. The summed E-state index contributed by atoms with van der Waals surface area (Å²) in [4.78, 5) is 24.8. The summed E-state index contributed by atoms with van der Waals surface area (Å²) in [6.07, 6.45) is 6.26. The molecule has 2 fully saturated rings. The predicted octanol–water partition coefficient (Wildman–Crippen LogP) is 1.23. The van der Waals surface area contributed by atoms with Gasteiger partial charge in [0.15, 0.2) is 0 Å². The normalized spacial score (nSPS) is 26.4. The third-order valence-corrected chi connectivity index (χ3v) is 6.67. The van der Waals surface area contributed by atoms with Crippen LogP contribution < -0.4 is 10.2 Å². The van der Waals surface area contributed by atoms with Gasteiger partial charge in [0.25, 0.3) is 0 Å². The number of nitrogens with zero attached hydrogens (tertiary/aromatic N) is 4. The number of carbonyl (C=O) groups is 1. The summed E-state index contributed by atoms with van der Waals surface area (Å²) in [5.41, 5.74) is 2.41. The number of carboxylic acids is 1. The minimum absolute atomic E-state index is 0.0314. The largest absolute Gasteiger partial charge is 0.480 e. The van der Waals surface area contributed by atoms with Crippen LogP contribution in [0.2, 0.25) is 0 Å². The van der Waals surface area contributed by atoms with E-state index in [9.17, 15) is 9.90 Å². The van der Waals surface area contributed by atoms with Crippen LogP contribution in [-0.4, -0.2) is 76.9 Å². The van der Waals surface area contributed by atoms with E-state index in [1.807, 2.05) is 23.9 Å². The standard InChI is InChI=1S/C20H31N5O3/c1-24(2)19-22-17-15(18(23-19)21-13-3-4-14(26)11-13)5-6-20(17)7-9-25(10-8-20)12-16(27)28/h13-14,26H,3-12H2,1-2H3,(H,27,28)(H,21,22,23)/t13-,14+/m1/s1. The molecule has 8 nitrogen and oxygen atoms in total. The van der Waals surface area contributed by atoms with Gasteiger partial charge in [0.2, 0.25) is 5.95 Å². The number of nitrogens with one attached hydrogen (secondary N) is 1. The lowest BCUT2D eigenvalue weighted by atomic mass is 9.76. The maximum absolute atomic E-state index is 11.0. The van der Waals surface area contributed by atoms with E-state index in [2.05, 4.69) is 5.32 Å². The Bertz CT molecular complexity index is 746. The molecule has 1 saturated heterocycles. The summed E-state index contributed by atoms with van der Waals surface area (Å²) >= 11 is 0. The van der Waals surface area contributed by atoms with Gasteiger partial charge >= 0.3 is 5.97 Å². The van der Waals surface area contributed by atoms with Crippen molar-refractivity contribution in [2.45, 2.75) is 62.5 Å². The van der Waals surface area contributed by atoms with Gasteiger partial charge in [-0.3, -0.25) is 9.69 Å². The van der Waals surface area contributed by atoms with Crippen LogP contribution in [0.15, 0.2) is 0 Å². The van der Waals surface area contributed by atoms with E-state index in [1.54, 1.807) is 0 Å². The van der Waals surface area contributed by atoms with E-state index in [-0.39, 0.29) is 24.1 Å². The first-order valence-corrected chi connectivity index (χ1v) is 10.3. The number of piperidine rings is 1. The van der Waals surface area contributed by atoms with Crippen LogP contribution in [0.25, 0.3) is 0 Å². The molecule has 28 heavy (non-hydrogen) atoms. The van der Waals surface area contributed by atoms with Gasteiger partial charge in [-0.2, -0.15) is 4.98 Å². The van der Waals surface area contributed by atoms with Crippen molar-refractivity contribution in [2.24, 2.45) is 0 Å². The topological polar surface area (TPSA) is 102 Å². The molecule has 3 aliphatic rings. The highest BCUT2D eigenvalue weighted by Crippen LogP contribution is 2.47. The van der Waals surface area contributed by atoms with E-state index >= 15 is 0 Å². The van der Waals surface area contributed by atoms with Gasteiger partial charge in [0, 0.05) is 31.1 Å². The molecular formula is C20H31N5O3. The molecule has 0 bridgehead atoms. The minimum atomic E-state index is -0.759. The summed E-state index contributed by atoms with van der Waals surface area (Å²) in [5, 5.41) is 22.5. The Labute approximate surface area is 166 Å². The molecule has 2 atom stereocenters. The molecule has 0 amide bonds. The highest BCUT2D eigenvalue weighted by Gasteiger charge is 2.44. The average Bonchev–Trinajstić information content (AvgIpc) is 3.21. The highest BCUT2D eigenvalue weighted by molar-refractivity contribution is 5.69. The Kier molecular flexibility index (Phi) is 5.18. The van der Waals surface area contributed by atoms with Gasteiger partial charge in [-0.25, -0.2) is 4.98 Å². The number of anilines is 2. The van der Waals surface area contributed by atoms with E-state index in [0.717, 1.165) is 69.5 Å². The summed E-state index contributed by atoms with van der Waals surface area (Å²) in [6.45, 7) is 1.71. The van der Waals surface area contributed by atoms with Gasteiger partial charge in [-0.15, -0.1) is 0 Å². The van der Waals surface area contributed by atoms with Crippen LogP contribution in [0.1, 0.15) is 49.8 Å². The predicted molar refractivity (Wildman–Crippen MR) is 107 cm³/mol. The van der Waals surface area contributed by atoms with Gasteiger partial charge < -0.3 is 20.4 Å². The van der Waals surface area contributed by atoms with Crippen LogP contribution >= 0.6 is 0 Å². The van der Waals surface area contributed by atoms with Crippen molar-refractivity contribution in [3.8, 4) is 0 Å². The Morgan fingerprint density at radius 2 is 2.00 bits per heavy atom. The lowest BCUT2D eigenvalue weighted by Crippen LogP contribution is -2.44. The first kappa shape index (κ1) is 19.4. The Balaban J connectivity index is 1.60. The summed E-state index contributed by atoms with van der Waals surface area (Å²) < 4.78 is 0.